The Hall–Kier alpha value is -2.17. The molecule has 0 fully saturated rings. The number of aryl methyl sites for hydroxylation is 1. The maximum Gasteiger partial charge on any atom is 0.200 e. The van der Waals surface area contributed by atoms with Gasteiger partial charge in [-0.05, 0) is 24.6 Å². The zero-order valence-corrected chi connectivity index (χ0v) is 10.4. The molecule has 0 saturated heterocycles. The maximum absolute atomic E-state index is 5.76. The molecule has 2 aromatic rings. The molecule has 1 aromatic carbocycles. The third-order valence-electron chi connectivity index (χ3n) is 3.19. The van der Waals surface area contributed by atoms with Crippen LogP contribution in [0.1, 0.15) is 5.56 Å². The highest BCUT2D eigenvalue weighted by Gasteiger charge is 2.17. The van der Waals surface area contributed by atoms with Crippen LogP contribution in [0.25, 0.3) is 11.3 Å². The van der Waals surface area contributed by atoms with Crippen LogP contribution in [0, 0.1) is 6.92 Å². The number of hydrogen-bond acceptors (Lipinski definition) is 4. The largest absolute Gasteiger partial charge is 0.486 e. The fraction of sp³-hybridized carbons (Fsp3) is 0.308. The van der Waals surface area contributed by atoms with Gasteiger partial charge in [-0.15, -0.1) is 0 Å². The second-order valence-electron chi connectivity index (χ2n) is 4.37. The van der Waals surface area contributed by atoms with Gasteiger partial charge in [-0.25, -0.2) is 4.98 Å². The van der Waals surface area contributed by atoms with Crippen molar-refractivity contribution in [2.24, 2.45) is 7.05 Å². The minimum atomic E-state index is 0.499. The van der Waals surface area contributed by atoms with E-state index in [1.54, 1.807) is 6.20 Å². The summed E-state index contributed by atoms with van der Waals surface area (Å²) in [6, 6.07) is 3.98. The Morgan fingerprint density at radius 1 is 1.22 bits per heavy atom. The van der Waals surface area contributed by atoms with E-state index in [1.807, 2.05) is 30.7 Å². The van der Waals surface area contributed by atoms with Gasteiger partial charge in [0.25, 0.3) is 0 Å². The standard InChI is InChI=1S/C13H15N3O2/c1-8-5-11-12(18-4-3-17-11)6-9(8)10-7-15-13(14)16(10)2/h5-7H,3-4H2,1-2H3,(H2,14,15). The van der Waals surface area contributed by atoms with E-state index in [0.29, 0.717) is 19.2 Å². The van der Waals surface area contributed by atoms with Crippen LogP contribution in [-0.2, 0) is 7.05 Å². The van der Waals surface area contributed by atoms with Crippen LogP contribution in [0.15, 0.2) is 18.3 Å². The lowest BCUT2D eigenvalue weighted by Gasteiger charge is -2.20. The summed E-state index contributed by atoms with van der Waals surface area (Å²) in [5.41, 5.74) is 8.91. The van der Waals surface area contributed by atoms with Crippen molar-refractivity contribution in [1.29, 1.82) is 0 Å². The van der Waals surface area contributed by atoms with E-state index >= 15 is 0 Å². The topological polar surface area (TPSA) is 62.3 Å². The van der Waals surface area contributed by atoms with Crippen molar-refractivity contribution < 1.29 is 9.47 Å². The van der Waals surface area contributed by atoms with Crippen LogP contribution in [0.2, 0.25) is 0 Å². The number of aromatic nitrogens is 2. The van der Waals surface area contributed by atoms with Gasteiger partial charge in [0.05, 0.1) is 11.9 Å². The van der Waals surface area contributed by atoms with Gasteiger partial charge < -0.3 is 19.8 Å². The van der Waals surface area contributed by atoms with Gasteiger partial charge in [0, 0.05) is 12.6 Å². The summed E-state index contributed by atoms with van der Waals surface area (Å²) in [5, 5.41) is 0. The molecule has 0 aliphatic carbocycles. The highest BCUT2D eigenvalue weighted by molar-refractivity contribution is 5.69. The first kappa shape index (κ1) is 11.0. The average molecular weight is 245 g/mol. The first-order valence-corrected chi connectivity index (χ1v) is 5.84. The van der Waals surface area contributed by atoms with Crippen LogP contribution >= 0.6 is 0 Å². The van der Waals surface area contributed by atoms with Crippen molar-refractivity contribution in [3.63, 3.8) is 0 Å². The van der Waals surface area contributed by atoms with Crippen LogP contribution in [0.4, 0.5) is 5.95 Å². The van der Waals surface area contributed by atoms with Gasteiger partial charge in [-0.1, -0.05) is 0 Å². The predicted octanol–water partition coefficient (Wildman–Crippen LogP) is 1.75. The van der Waals surface area contributed by atoms with E-state index in [2.05, 4.69) is 4.98 Å². The summed E-state index contributed by atoms with van der Waals surface area (Å²) >= 11 is 0. The Balaban J connectivity index is 2.15. The Morgan fingerprint density at radius 2 is 1.89 bits per heavy atom. The Bertz CT molecular complexity index is 605. The van der Waals surface area contributed by atoms with Gasteiger partial charge >= 0.3 is 0 Å². The molecule has 1 aliphatic heterocycles. The number of anilines is 1. The number of hydrogen-bond donors (Lipinski definition) is 1. The summed E-state index contributed by atoms with van der Waals surface area (Å²) in [6.07, 6.45) is 1.77. The van der Waals surface area contributed by atoms with E-state index in [1.165, 1.54) is 0 Å². The zero-order chi connectivity index (χ0) is 12.7. The third kappa shape index (κ3) is 1.59. The first-order valence-electron chi connectivity index (χ1n) is 5.84. The summed E-state index contributed by atoms with van der Waals surface area (Å²) in [5.74, 6) is 2.08. The number of fused-ring (bicyclic) bond motifs is 1. The maximum atomic E-state index is 5.76. The molecule has 1 aliphatic rings. The monoisotopic (exact) mass is 245 g/mol. The average Bonchev–Trinajstić information content (AvgIpc) is 2.69. The van der Waals surface area contributed by atoms with Crippen molar-refractivity contribution in [3.8, 4) is 22.8 Å². The summed E-state index contributed by atoms with van der Waals surface area (Å²) < 4.78 is 13.0. The molecular weight excluding hydrogens is 230 g/mol. The van der Waals surface area contributed by atoms with Crippen molar-refractivity contribution in [1.82, 2.24) is 9.55 Å². The zero-order valence-electron chi connectivity index (χ0n) is 10.4. The SMILES string of the molecule is Cc1cc2c(cc1-c1cnc(N)n1C)OCCO2. The second kappa shape index (κ2) is 3.94. The third-order valence-corrected chi connectivity index (χ3v) is 3.19. The molecule has 0 bridgehead atoms. The molecule has 0 unspecified atom stereocenters. The van der Waals surface area contributed by atoms with E-state index in [-0.39, 0.29) is 0 Å². The smallest absolute Gasteiger partial charge is 0.200 e. The number of benzene rings is 1. The van der Waals surface area contributed by atoms with Crippen LogP contribution < -0.4 is 15.2 Å². The summed E-state index contributed by atoms with van der Waals surface area (Å²) in [7, 11) is 1.90. The molecule has 0 spiro atoms. The molecule has 1 aromatic heterocycles. The minimum Gasteiger partial charge on any atom is -0.486 e. The normalized spacial score (nSPS) is 13.7. The molecule has 0 radical (unpaired) electrons. The molecule has 0 amide bonds. The van der Waals surface area contributed by atoms with E-state index in [0.717, 1.165) is 28.3 Å². The van der Waals surface area contributed by atoms with E-state index in [4.69, 9.17) is 15.2 Å². The molecule has 2 N–H and O–H groups in total. The summed E-state index contributed by atoms with van der Waals surface area (Å²) in [6.45, 7) is 3.23. The van der Waals surface area contributed by atoms with Gasteiger partial charge in [-0.2, -0.15) is 0 Å². The Labute approximate surface area is 105 Å². The minimum absolute atomic E-state index is 0.499. The van der Waals surface area contributed by atoms with Crippen molar-refractivity contribution >= 4 is 5.95 Å². The number of imidazole rings is 1. The lowest BCUT2D eigenvalue weighted by molar-refractivity contribution is 0.171. The Kier molecular flexibility index (Phi) is 2.40. The lowest BCUT2D eigenvalue weighted by atomic mass is 10.0. The van der Waals surface area contributed by atoms with Crippen molar-refractivity contribution in [2.75, 3.05) is 18.9 Å². The first-order chi connectivity index (χ1) is 8.66. The highest BCUT2D eigenvalue weighted by atomic mass is 16.6. The van der Waals surface area contributed by atoms with Gasteiger partial charge in [-0.3, -0.25) is 0 Å². The lowest BCUT2D eigenvalue weighted by Crippen LogP contribution is -2.15. The van der Waals surface area contributed by atoms with E-state index in [9.17, 15) is 0 Å². The van der Waals surface area contributed by atoms with Crippen LogP contribution in [-0.4, -0.2) is 22.8 Å². The molecule has 18 heavy (non-hydrogen) atoms. The summed E-state index contributed by atoms with van der Waals surface area (Å²) in [4.78, 5) is 4.11. The number of nitrogens with zero attached hydrogens (tertiary/aromatic N) is 2. The highest BCUT2D eigenvalue weighted by Crippen LogP contribution is 2.37. The molecule has 5 heteroatoms. The molecule has 3 rings (SSSR count). The van der Waals surface area contributed by atoms with Gasteiger partial charge in [0.15, 0.2) is 17.4 Å². The fourth-order valence-electron chi connectivity index (χ4n) is 2.14. The molecular formula is C13H15N3O2. The van der Waals surface area contributed by atoms with Crippen LogP contribution in [0.5, 0.6) is 11.5 Å². The number of rotatable bonds is 1. The second-order valence-corrected chi connectivity index (χ2v) is 4.37. The quantitative estimate of drug-likeness (QED) is 0.831. The van der Waals surface area contributed by atoms with Crippen molar-refractivity contribution in [2.45, 2.75) is 6.92 Å². The fourth-order valence-corrected chi connectivity index (χ4v) is 2.14. The molecule has 0 atom stereocenters. The Morgan fingerprint density at radius 3 is 2.50 bits per heavy atom. The van der Waals surface area contributed by atoms with Crippen molar-refractivity contribution in [3.05, 3.63) is 23.9 Å². The van der Waals surface area contributed by atoms with E-state index < -0.39 is 0 Å². The number of nitrogen functional groups attached to an aromatic ring is 1. The molecule has 94 valence electrons. The van der Waals surface area contributed by atoms with Gasteiger partial charge in [0.2, 0.25) is 0 Å². The van der Waals surface area contributed by atoms with Gasteiger partial charge in [0.1, 0.15) is 13.2 Å². The van der Waals surface area contributed by atoms with Crippen LogP contribution in [0.3, 0.4) is 0 Å². The number of ether oxygens (including phenoxy) is 2. The number of nitrogens with two attached hydrogens (primary N) is 1. The predicted molar refractivity (Wildman–Crippen MR) is 68.8 cm³/mol. The molecule has 5 nitrogen and oxygen atoms in total. The molecule has 2 heterocycles. The molecule has 0 saturated carbocycles.